The molecule has 0 aromatic heterocycles. The molecular weight excluding hydrogens is 566 g/mol. The van der Waals surface area contributed by atoms with Crippen molar-refractivity contribution in [3.8, 4) is 0 Å². The van der Waals surface area contributed by atoms with Gasteiger partial charge in [0, 0.05) is 23.2 Å². The van der Waals surface area contributed by atoms with E-state index >= 15 is 0 Å². The third-order valence-corrected chi connectivity index (χ3v) is 9.85. The summed E-state index contributed by atoms with van der Waals surface area (Å²) in [6.07, 6.45) is 4.60. The van der Waals surface area contributed by atoms with Crippen LogP contribution in [0.2, 0.25) is 0 Å². The molecule has 0 spiro atoms. The van der Waals surface area contributed by atoms with E-state index in [2.05, 4.69) is 10.6 Å². The fourth-order valence-corrected chi connectivity index (χ4v) is 7.39. The van der Waals surface area contributed by atoms with Crippen LogP contribution < -0.4 is 15.5 Å². The predicted molar refractivity (Wildman–Crippen MR) is 173 cm³/mol. The molecule has 3 aliphatic rings. The molecule has 236 valence electrons. The standard InChI is InChI=1S/C37H43N3O5/c1-24(35(42)38-32-21-27-15-16-28(32)18-27)17-34(41)33(20-26-11-6-3-7-12-26)39-36(43)29-13-8-14-30(22-29)40-31(23-45-37(40)44)19-25-9-4-2-5-10-25/h2-14,22,24,27-28,31-34,41H,15-21,23H2,1H3,(H,38,42)(H,39,43)/t24-,27?,28?,31-,32?,33?,34+/m1/s1. The van der Waals surface area contributed by atoms with Gasteiger partial charge in [-0.15, -0.1) is 0 Å². The molecule has 2 saturated carbocycles. The largest absolute Gasteiger partial charge is 0.447 e. The third kappa shape index (κ3) is 7.39. The Bertz CT molecular complexity index is 1480. The smallest absolute Gasteiger partial charge is 0.414 e. The number of fused-ring (bicyclic) bond motifs is 2. The predicted octanol–water partition coefficient (Wildman–Crippen LogP) is 5.29. The Balaban J connectivity index is 1.14. The van der Waals surface area contributed by atoms with E-state index in [-0.39, 0.29) is 36.9 Å². The van der Waals surface area contributed by atoms with Gasteiger partial charge in [-0.3, -0.25) is 14.5 Å². The monoisotopic (exact) mass is 609 g/mol. The minimum atomic E-state index is -0.943. The highest BCUT2D eigenvalue weighted by molar-refractivity contribution is 5.97. The first-order valence-corrected chi connectivity index (χ1v) is 16.3. The highest BCUT2D eigenvalue weighted by Crippen LogP contribution is 2.44. The van der Waals surface area contributed by atoms with Crippen molar-refractivity contribution in [3.05, 3.63) is 102 Å². The molecule has 1 aliphatic heterocycles. The molecule has 1 heterocycles. The van der Waals surface area contributed by atoms with Crippen LogP contribution in [-0.4, -0.2) is 53.9 Å². The highest BCUT2D eigenvalue weighted by atomic mass is 16.6. The number of nitrogens with zero attached hydrogens (tertiary/aromatic N) is 1. The first-order chi connectivity index (χ1) is 21.8. The van der Waals surface area contributed by atoms with Crippen LogP contribution >= 0.6 is 0 Å². The molecule has 1 saturated heterocycles. The van der Waals surface area contributed by atoms with E-state index in [0.717, 1.165) is 23.5 Å². The number of hydrogen-bond donors (Lipinski definition) is 3. The topological polar surface area (TPSA) is 108 Å². The van der Waals surface area contributed by atoms with Crippen molar-refractivity contribution in [1.29, 1.82) is 0 Å². The molecule has 3 amide bonds. The normalized spacial score (nSPS) is 24.1. The van der Waals surface area contributed by atoms with Gasteiger partial charge in [0.25, 0.3) is 5.91 Å². The number of rotatable bonds is 12. The summed E-state index contributed by atoms with van der Waals surface area (Å²) in [5.74, 6) is 0.513. The van der Waals surface area contributed by atoms with Gasteiger partial charge in [-0.25, -0.2) is 4.79 Å². The Labute approximate surface area is 265 Å². The van der Waals surface area contributed by atoms with Gasteiger partial charge in [-0.1, -0.05) is 80.1 Å². The molecule has 7 atom stereocenters. The van der Waals surface area contributed by atoms with Crippen LogP contribution in [0.15, 0.2) is 84.9 Å². The molecule has 8 heteroatoms. The number of aliphatic hydroxyl groups excluding tert-OH is 1. The van der Waals surface area contributed by atoms with Crippen molar-refractivity contribution in [1.82, 2.24) is 10.6 Å². The number of anilines is 1. The first kappa shape index (κ1) is 30.8. The number of nitrogens with one attached hydrogen (secondary N) is 2. The Morgan fingerprint density at radius 3 is 2.38 bits per heavy atom. The number of amides is 3. The zero-order valence-corrected chi connectivity index (χ0v) is 25.8. The minimum Gasteiger partial charge on any atom is -0.447 e. The molecule has 0 radical (unpaired) electrons. The fourth-order valence-electron chi connectivity index (χ4n) is 7.39. The Morgan fingerprint density at radius 1 is 0.956 bits per heavy atom. The van der Waals surface area contributed by atoms with Crippen LogP contribution in [0.1, 0.15) is 60.5 Å². The van der Waals surface area contributed by atoms with Crippen LogP contribution in [-0.2, 0) is 22.4 Å². The van der Waals surface area contributed by atoms with Crippen LogP contribution in [0.4, 0.5) is 10.5 Å². The summed E-state index contributed by atoms with van der Waals surface area (Å²) >= 11 is 0. The van der Waals surface area contributed by atoms with E-state index < -0.39 is 24.2 Å². The van der Waals surface area contributed by atoms with E-state index in [9.17, 15) is 19.5 Å². The number of cyclic esters (lactones) is 1. The number of carbonyl (C=O) groups excluding carboxylic acids is 3. The van der Waals surface area contributed by atoms with Crippen molar-refractivity contribution in [2.24, 2.45) is 17.8 Å². The number of hydrogen-bond acceptors (Lipinski definition) is 5. The summed E-state index contributed by atoms with van der Waals surface area (Å²) in [5, 5.41) is 17.7. The lowest BCUT2D eigenvalue weighted by Gasteiger charge is -2.28. The molecule has 6 rings (SSSR count). The first-order valence-electron chi connectivity index (χ1n) is 16.3. The lowest BCUT2D eigenvalue weighted by atomic mass is 9.92. The molecule has 2 bridgehead atoms. The molecule has 3 N–H and O–H groups in total. The zero-order valence-electron chi connectivity index (χ0n) is 25.8. The summed E-state index contributed by atoms with van der Waals surface area (Å²) in [6, 6.07) is 26.0. The number of benzene rings is 3. The average Bonchev–Trinajstić information content (AvgIpc) is 3.78. The number of ether oxygens (including phenoxy) is 1. The van der Waals surface area contributed by atoms with Gasteiger partial charge in [-0.2, -0.15) is 0 Å². The quantitative estimate of drug-likeness (QED) is 0.259. The van der Waals surface area contributed by atoms with Crippen LogP contribution in [0.3, 0.4) is 0 Å². The lowest BCUT2D eigenvalue weighted by molar-refractivity contribution is -0.126. The van der Waals surface area contributed by atoms with Gasteiger partial charge in [0.15, 0.2) is 0 Å². The summed E-state index contributed by atoms with van der Waals surface area (Å²) in [6.45, 7) is 2.11. The van der Waals surface area contributed by atoms with Crippen molar-refractivity contribution < 1.29 is 24.2 Å². The Kier molecular flexibility index (Phi) is 9.50. The lowest BCUT2D eigenvalue weighted by Crippen LogP contribution is -2.47. The van der Waals surface area contributed by atoms with Gasteiger partial charge in [0.05, 0.1) is 18.2 Å². The maximum Gasteiger partial charge on any atom is 0.414 e. The third-order valence-electron chi connectivity index (χ3n) is 9.85. The van der Waals surface area contributed by atoms with Gasteiger partial charge in [-0.05, 0) is 79.7 Å². The number of aliphatic hydroxyl groups is 1. The molecule has 3 aromatic carbocycles. The molecule has 3 fully saturated rings. The van der Waals surface area contributed by atoms with Gasteiger partial charge < -0.3 is 20.5 Å². The van der Waals surface area contributed by atoms with E-state index in [1.807, 2.05) is 67.6 Å². The fraction of sp³-hybridized carbons (Fsp3) is 0.432. The SMILES string of the molecule is C[C@H](C[C@H](O)C(Cc1ccccc1)NC(=O)c1cccc(N2C(=O)OC[C@H]2Cc2ccccc2)c1)C(=O)NC1CC2CCC1C2. The number of carbonyl (C=O) groups is 3. The molecule has 3 aromatic rings. The van der Waals surface area contributed by atoms with Crippen molar-refractivity contribution in [3.63, 3.8) is 0 Å². The Morgan fingerprint density at radius 2 is 1.69 bits per heavy atom. The maximum absolute atomic E-state index is 13.7. The second-order valence-electron chi connectivity index (χ2n) is 13.1. The van der Waals surface area contributed by atoms with Gasteiger partial charge >= 0.3 is 6.09 Å². The second kappa shape index (κ2) is 13.9. The zero-order chi connectivity index (χ0) is 31.3. The molecule has 45 heavy (non-hydrogen) atoms. The second-order valence-corrected chi connectivity index (χ2v) is 13.1. The van der Waals surface area contributed by atoms with Crippen LogP contribution in [0, 0.1) is 17.8 Å². The van der Waals surface area contributed by atoms with Crippen LogP contribution in [0.5, 0.6) is 0 Å². The van der Waals surface area contributed by atoms with E-state index in [1.165, 1.54) is 19.3 Å². The summed E-state index contributed by atoms with van der Waals surface area (Å²) in [7, 11) is 0. The molecule has 4 unspecified atom stereocenters. The summed E-state index contributed by atoms with van der Waals surface area (Å²) in [5.41, 5.74) is 3.02. The summed E-state index contributed by atoms with van der Waals surface area (Å²) < 4.78 is 5.40. The molecule has 2 aliphatic carbocycles. The van der Waals surface area contributed by atoms with Gasteiger partial charge in [0.1, 0.15) is 6.61 Å². The van der Waals surface area contributed by atoms with Crippen molar-refractivity contribution >= 4 is 23.6 Å². The van der Waals surface area contributed by atoms with E-state index in [0.29, 0.717) is 30.0 Å². The molecule has 8 nitrogen and oxygen atoms in total. The highest BCUT2D eigenvalue weighted by Gasteiger charge is 2.41. The maximum atomic E-state index is 13.7. The summed E-state index contributed by atoms with van der Waals surface area (Å²) in [4.78, 5) is 41.1. The molecular formula is C37H43N3O5. The average molecular weight is 610 g/mol. The van der Waals surface area contributed by atoms with Gasteiger partial charge in [0.2, 0.25) is 5.91 Å². The van der Waals surface area contributed by atoms with E-state index in [4.69, 9.17) is 4.74 Å². The van der Waals surface area contributed by atoms with Crippen molar-refractivity contribution in [2.45, 2.75) is 76.1 Å². The van der Waals surface area contributed by atoms with Crippen LogP contribution in [0.25, 0.3) is 0 Å². The van der Waals surface area contributed by atoms with Crippen molar-refractivity contribution in [2.75, 3.05) is 11.5 Å². The Hall–Kier alpha value is -4.17. The van der Waals surface area contributed by atoms with E-state index in [1.54, 1.807) is 29.2 Å². The minimum absolute atomic E-state index is 0.0355.